The number of rotatable bonds is 2. The zero-order valence-electron chi connectivity index (χ0n) is 19.1. The average molecular weight is 425 g/mol. The SMILES string of the molecule is Cc1nc(C)c(C)c(-c2ccc(-c3ccc4c5ccccc5c5ccccc5c4c3)cc2)n1. The Morgan fingerprint density at radius 3 is 1.55 bits per heavy atom. The first kappa shape index (κ1) is 19.6. The Kier molecular flexibility index (Phi) is 4.48. The van der Waals surface area contributed by atoms with Gasteiger partial charge in [0.2, 0.25) is 0 Å². The van der Waals surface area contributed by atoms with Gasteiger partial charge in [-0.15, -0.1) is 0 Å². The van der Waals surface area contributed by atoms with Crippen molar-refractivity contribution in [2.75, 3.05) is 0 Å². The van der Waals surface area contributed by atoms with Crippen molar-refractivity contribution < 1.29 is 0 Å². The monoisotopic (exact) mass is 424 g/mol. The summed E-state index contributed by atoms with van der Waals surface area (Å²) in [6, 6.07) is 33.0. The van der Waals surface area contributed by atoms with Gasteiger partial charge in [-0.05, 0) is 75.8 Å². The fourth-order valence-corrected chi connectivity index (χ4v) is 4.96. The van der Waals surface area contributed by atoms with Crippen LogP contribution in [-0.4, -0.2) is 9.97 Å². The first-order valence-corrected chi connectivity index (χ1v) is 11.4. The first-order valence-electron chi connectivity index (χ1n) is 11.4. The van der Waals surface area contributed by atoms with E-state index in [0.29, 0.717) is 0 Å². The molecule has 0 saturated carbocycles. The summed E-state index contributed by atoms with van der Waals surface area (Å²) in [6.07, 6.45) is 0. The summed E-state index contributed by atoms with van der Waals surface area (Å²) >= 11 is 0. The van der Waals surface area contributed by atoms with E-state index in [4.69, 9.17) is 4.98 Å². The Labute approximate surface area is 193 Å². The molecule has 0 aliphatic heterocycles. The number of hydrogen-bond donors (Lipinski definition) is 0. The molecule has 0 radical (unpaired) electrons. The summed E-state index contributed by atoms with van der Waals surface area (Å²) in [4.78, 5) is 9.19. The molecular formula is C31H24N2. The van der Waals surface area contributed by atoms with Crippen molar-refractivity contribution in [1.29, 1.82) is 0 Å². The summed E-state index contributed by atoms with van der Waals surface area (Å²) in [5, 5.41) is 7.81. The van der Waals surface area contributed by atoms with Crippen LogP contribution in [0.25, 0.3) is 54.7 Å². The highest BCUT2D eigenvalue weighted by Gasteiger charge is 2.11. The highest BCUT2D eigenvalue weighted by atomic mass is 14.9. The Hall–Kier alpha value is -4.04. The molecule has 0 N–H and O–H groups in total. The van der Waals surface area contributed by atoms with E-state index in [0.717, 1.165) is 28.3 Å². The molecule has 6 aromatic rings. The lowest BCUT2D eigenvalue weighted by Crippen LogP contribution is -1.98. The molecule has 2 heteroatoms. The molecule has 33 heavy (non-hydrogen) atoms. The van der Waals surface area contributed by atoms with Crippen molar-refractivity contribution >= 4 is 32.3 Å². The van der Waals surface area contributed by atoms with Crippen LogP contribution in [0.2, 0.25) is 0 Å². The minimum Gasteiger partial charge on any atom is -0.238 e. The number of aromatic nitrogens is 2. The molecule has 1 aromatic heterocycles. The van der Waals surface area contributed by atoms with E-state index < -0.39 is 0 Å². The number of benzene rings is 5. The van der Waals surface area contributed by atoms with Crippen LogP contribution in [0.5, 0.6) is 0 Å². The third-order valence-corrected chi connectivity index (χ3v) is 6.74. The third kappa shape index (κ3) is 3.18. The summed E-state index contributed by atoms with van der Waals surface area (Å²) in [5.41, 5.74) is 6.75. The predicted octanol–water partition coefficient (Wildman–Crippen LogP) is 8.20. The Bertz CT molecular complexity index is 1640. The van der Waals surface area contributed by atoms with Crippen LogP contribution in [0.15, 0.2) is 91.0 Å². The number of aryl methyl sites for hydroxylation is 2. The molecule has 2 nitrogen and oxygen atoms in total. The molecule has 0 atom stereocenters. The van der Waals surface area contributed by atoms with Gasteiger partial charge in [-0.25, -0.2) is 9.97 Å². The van der Waals surface area contributed by atoms with Gasteiger partial charge >= 0.3 is 0 Å². The Morgan fingerprint density at radius 1 is 0.455 bits per heavy atom. The second-order valence-corrected chi connectivity index (χ2v) is 8.76. The van der Waals surface area contributed by atoms with E-state index >= 15 is 0 Å². The fourth-order valence-electron chi connectivity index (χ4n) is 4.96. The molecule has 0 aliphatic rings. The molecule has 0 aliphatic carbocycles. The van der Waals surface area contributed by atoms with Crippen molar-refractivity contribution in [1.82, 2.24) is 9.97 Å². The van der Waals surface area contributed by atoms with Crippen LogP contribution in [0.1, 0.15) is 17.1 Å². The van der Waals surface area contributed by atoms with E-state index in [2.05, 4.69) is 103 Å². The van der Waals surface area contributed by atoms with E-state index in [1.807, 2.05) is 13.8 Å². The Morgan fingerprint density at radius 2 is 0.939 bits per heavy atom. The molecule has 0 bridgehead atoms. The minimum atomic E-state index is 0.811. The molecule has 0 amide bonds. The summed E-state index contributed by atoms with van der Waals surface area (Å²) in [7, 11) is 0. The van der Waals surface area contributed by atoms with Crippen molar-refractivity contribution in [3.63, 3.8) is 0 Å². The molecule has 0 saturated heterocycles. The Balaban J connectivity index is 1.52. The van der Waals surface area contributed by atoms with Crippen LogP contribution in [-0.2, 0) is 0 Å². The van der Waals surface area contributed by atoms with Gasteiger partial charge in [0.1, 0.15) is 5.82 Å². The summed E-state index contributed by atoms with van der Waals surface area (Å²) < 4.78 is 0. The quantitative estimate of drug-likeness (QED) is 0.262. The van der Waals surface area contributed by atoms with Crippen LogP contribution >= 0.6 is 0 Å². The first-order chi connectivity index (χ1) is 16.1. The lowest BCUT2D eigenvalue weighted by Gasteiger charge is -2.13. The minimum absolute atomic E-state index is 0.811. The van der Waals surface area contributed by atoms with Gasteiger partial charge < -0.3 is 0 Å². The van der Waals surface area contributed by atoms with Crippen LogP contribution in [0.4, 0.5) is 0 Å². The molecule has 0 fully saturated rings. The van der Waals surface area contributed by atoms with E-state index in [-0.39, 0.29) is 0 Å². The van der Waals surface area contributed by atoms with Crippen molar-refractivity contribution in [3.8, 4) is 22.4 Å². The van der Waals surface area contributed by atoms with Crippen LogP contribution in [0, 0.1) is 20.8 Å². The highest BCUT2D eigenvalue weighted by molar-refractivity contribution is 6.25. The summed E-state index contributed by atoms with van der Waals surface area (Å²) in [6.45, 7) is 6.09. The molecule has 0 unspecified atom stereocenters. The predicted molar refractivity (Wildman–Crippen MR) is 140 cm³/mol. The lowest BCUT2D eigenvalue weighted by molar-refractivity contribution is 0.992. The maximum atomic E-state index is 4.70. The fraction of sp³-hybridized carbons (Fsp3) is 0.0968. The van der Waals surface area contributed by atoms with E-state index in [1.54, 1.807) is 0 Å². The van der Waals surface area contributed by atoms with Gasteiger partial charge in [-0.2, -0.15) is 0 Å². The smallest absolute Gasteiger partial charge is 0.126 e. The zero-order chi connectivity index (χ0) is 22.5. The van der Waals surface area contributed by atoms with E-state index in [1.165, 1.54) is 43.4 Å². The van der Waals surface area contributed by atoms with Gasteiger partial charge in [0.05, 0.1) is 5.69 Å². The van der Waals surface area contributed by atoms with Gasteiger partial charge in [0.15, 0.2) is 0 Å². The van der Waals surface area contributed by atoms with Crippen LogP contribution < -0.4 is 0 Å². The largest absolute Gasteiger partial charge is 0.238 e. The highest BCUT2D eigenvalue weighted by Crippen LogP contribution is 2.37. The van der Waals surface area contributed by atoms with Crippen molar-refractivity contribution in [3.05, 3.63) is 108 Å². The third-order valence-electron chi connectivity index (χ3n) is 6.74. The summed E-state index contributed by atoms with van der Waals surface area (Å²) in [5.74, 6) is 0.811. The lowest BCUT2D eigenvalue weighted by atomic mass is 9.92. The van der Waals surface area contributed by atoms with Gasteiger partial charge in [0.25, 0.3) is 0 Å². The van der Waals surface area contributed by atoms with Gasteiger partial charge in [-0.3, -0.25) is 0 Å². The van der Waals surface area contributed by atoms with E-state index in [9.17, 15) is 0 Å². The van der Waals surface area contributed by atoms with Crippen molar-refractivity contribution in [2.45, 2.75) is 20.8 Å². The number of hydrogen-bond acceptors (Lipinski definition) is 2. The molecule has 6 rings (SSSR count). The van der Waals surface area contributed by atoms with Crippen LogP contribution in [0.3, 0.4) is 0 Å². The number of nitrogens with zero attached hydrogens (tertiary/aromatic N) is 2. The molecule has 0 spiro atoms. The second-order valence-electron chi connectivity index (χ2n) is 8.76. The molecular weight excluding hydrogens is 400 g/mol. The second kappa shape index (κ2) is 7.53. The standard InChI is InChI=1S/C31H24N2/c1-19-20(2)32-21(3)33-31(19)23-14-12-22(13-15-23)24-16-17-29-27-10-5-4-8-25(27)26-9-6-7-11-28(26)30(29)18-24/h4-18H,1-3H3. The average Bonchev–Trinajstić information content (AvgIpc) is 2.86. The zero-order valence-corrected chi connectivity index (χ0v) is 19.1. The maximum Gasteiger partial charge on any atom is 0.126 e. The van der Waals surface area contributed by atoms with Gasteiger partial charge in [0, 0.05) is 11.3 Å². The normalized spacial score (nSPS) is 11.5. The number of fused-ring (bicyclic) bond motifs is 6. The maximum absolute atomic E-state index is 4.70. The topological polar surface area (TPSA) is 25.8 Å². The molecule has 158 valence electrons. The molecule has 1 heterocycles. The van der Waals surface area contributed by atoms with Gasteiger partial charge in [-0.1, -0.05) is 84.9 Å². The molecule has 5 aromatic carbocycles. The van der Waals surface area contributed by atoms with Crippen molar-refractivity contribution in [2.24, 2.45) is 0 Å².